The molecule has 0 saturated carbocycles. The van der Waals surface area contributed by atoms with Gasteiger partial charge in [0.15, 0.2) is 17.5 Å². The Kier molecular flexibility index (Phi) is 8.55. The lowest BCUT2D eigenvalue weighted by molar-refractivity contribution is 0.668. The molecule has 0 aliphatic rings. The molecule has 0 unspecified atom stereocenters. The van der Waals surface area contributed by atoms with Gasteiger partial charge in [0.05, 0.1) is 33.3 Å². The molecule has 10 aromatic carbocycles. The van der Waals surface area contributed by atoms with E-state index < -0.39 is 0 Å². The fourth-order valence-corrected chi connectivity index (χ4v) is 10.9. The van der Waals surface area contributed by atoms with Crippen LogP contribution < -0.4 is 0 Å². The minimum Gasteiger partial charge on any atom is -0.456 e. The lowest BCUT2D eigenvalue weighted by Crippen LogP contribution is -2.02. The normalized spacial score (nSPS) is 11.9. The van der Waals surface area contributed by atoms with E-state index in [2.05, 4.69) is 155 Å². The van der Waals surface area contributed by atoms with Gasteiger partial charge in [0.1, 0.15) is 28.4 Å². The van der Waals surface area contributed by atoms with E-state index in [4.69, 9.17) is 23.8 Å². The number of rotatable bonds is 6. The van der Waals surface area contributed by atoms with Crippen LogP contribution in [0.1, 0.15) is 5.56 Å². The van der Waals surface area contributed by atoms with E-state index in [9.17, 15) is 5.26 Å². The van der Waals surface area contributed by atoms with Crippen LogP contribution in [0.2, 0.25) is 0 Å². The van der Waals surface area contributed by atoms with Crippen molar-refractivity contribution < 1.29 is 8.83 Å². The van der Waals surface area contributed by atoms with Gasteiger partial charge in [0.2, 0.25) is 0 Å². The molecule has 0 N–H and O–H groups in total. The average Bonchev–Trinajstić information content (AvgIpc) is 4.20. The van der Waals surface area contributed by atoms with E-state index in [-0.39, 0.29) is 0 Å². The Hall–Kier alpha value is -10.1. The van der Waals surface area contributed by atoms with Crippen LogP contribution in [0.25, 0.3) is 144 Å². The zero-order valence-corrected chi connectivity index (χ0v) is 38.3. The first-order chi connectivity index (χ1) is 35.6. The van der Waals surface area contributed by atoms with Crippen molar-refractivity contribution in [3.8, 4) is 62.7 Å². The summed E-state index contributed by atoms with van der Waals surface area (Å²) in [6.45, 7) is 0. The summed E-state index contributed by atoms with van der Waals surface area (Å²) in [5.41, 5.74) is 14.3. The van der Waals surface area contributed by atoms with E-state index in [0.29, 0.717) is 28.6 Å². The molecular weight excluding hydrogens is 885 g/mol. The van der Waals surface area contributed by atoms with Crippen molar-refractivity contribution in [3.63, 3.8) is 0 Å². The number of hydrogen-bond donors (Lipinski definition) is 0. The molecule has 0 spiro atoms. The SMILES string of the molecule is N#Cc1cc(-c2nc(-c3ccc(-c4ccccc4)cc3)nc(-c3ccc4oc5ccccc5c4c3)n2)ccc1-n1c2ccccc2c2ccc3c(c4ccccc4n3-c3ccc4oc5ccccc5c4c3)c21. The maximum atomic E-state index is 11.2. The van der Waals surface area contributed by atoms with Gasteiger partial charge in [-0.25, -0.2) is 15.0 Å². The number of para-hydroxylation sites is 4. The van der Waals surface area contributed by atoms with Crippen LogP contribution in [0.5, 0.6) is 0 Å². The molecule has 334 valence electrons. The summed E-state index contributed by atoms with van der Waals surface area (Å²) in [6, 6.07) is 77.4. The van der Waals surface area contributed by atoms with Crippen LogP contribution >= 0.6 is 0 Å². The highest BCUT2D eigenvalue weighted by Gasteiger charge is 2.24. The van der Waals surface area contributed by atoms with E-state index in [1.54, 1.807) is 0 Å². The average molecular weight is 921 g/mol. The summed E-state index contributed by atoms with van der Waals surface area (Å²) < 4.78 is 17.1. The number of aromatic nitrogens is 5. The highest BCUT2D eigenvalue weighted by atomic mass is 16.3. The molecule has 0 bridgehead atoms. The Morgan fingerprint density at radius 1 is 0.347 bits per heavy atom. The first-order valence-electron chi connectivity index (χ1n) is 23.9. The first kappa shape index (κ1) is 39.9. The minimum atomic E-state index is 0.456. The molecular formula is C64H36N6O2. The molecule has 15 rings (SSSR count). The second-order valence-corrected chi connectivity index (χ2v) is 18.2. The second-order valence-electron chi connectivity index (χ2n) is 18.2. The molecule has 0 aliphatic heterocycles. The molecule has 15 aromatic rings. The Bertz CT molecular complexity index is 4760. The summed E-state index contributed by atoms with van der Waals surface area (Å²) in [5.74, 6) is 1.49. The molecule has 0 amide bonds. The summed E-state index contributed by atoms with van der Waals surface area (Å²) >= 11 is 0. The molecule has 0 atom stereocenters. The lowest BCUT2D eigenvalue weighted by Gasteiger charge is -2.13. The zero-order chi connectivity index (χ0) is 47.4. The standard InChI is InChI=1S/C64H36N6O2/c65-37-43-34-41(63-66-62(40-24-22-39(23-25-40)38-12-2-1-3-13-38)67-64(68-63)42-27-32-58-50(35-42)46-15-6-10-20-56(46)71-58)26-30-52(43)70-53-18-8-4-14-45(53)48-29-31-55-60(61(48)70)49-17-5-9-19-54(49)69(55)44-28-33-59-51(36-44)47-16-7-11-21-57(47)72-59/h1-36H. The Morgan fingerprint density at radius 3 is 1.57 bits per heavy atom. The highest BCUT2D eigenvalue weighted by molar-refractivity contribution is 6.26. The van der Waals surface area contributed by atoms with Gasteiger partial charge in [-0.2, -0.15) is 5.26 Å². The van der Waals surface area contributed by atoms with E-state index >= 15 is 0 Å². The summed E-state index contributed by atoms with van der Waals surface area (Å²) in [6.07, 6.45) is 0. The predicted octanol–water partition coefficient (Wildman–Crippen LogP) is 16.4. The number of furan rings is 2. The number of hydrogen-bond acceptors (Lipinski definition) is 6. The number of nitriles is 1. The molecule has 5 heterocycles. The van der Waals surface area contributed by atoms with Crippen molar-refractivity contribution in [1.29, 1.82) is 5.26 Å². The van der Waals surface area contributed by atoms with Gasteiger partial charge >= 0.3 is 0 Å². The fraction of sp³-hybridized carbons (Fsp3) is 0. The highest BCUT2D eigenvalue weighted by Crippen LogP contribution is 2.44. The summed E-state index contributed by atoms with van der Waals surface area (Å²) in [7, 11) is 0. The van der Waals surface area contributed by atoms with Crippen molar-refractivity contribution in [1.82, 2.24) is 24.1 Å². The number of nitrogens with zero attached hydrogens (tertiary/aromatic N) is 6. The van der Waals surface area contributed by atoms with E-state index in [1.807, 2.05) is 78.9 Å². The monoisotopic (exact) mass is 920 g/mol. The molecule has 5 aromatic heterocycles. The third kappa shape index (κ3) is 6.01. The minimum absolute atomic E-state index is 0.456. The van der Waals surface area contributed by atoms with E-state index in [1.165, 1.54) is 0 Å². The van der Waals surface area contributed by atoms with Crippen molar-refractivity contribution in [2.45, 2.75) is 0 Å². The van der Waals surface area contributed by atoms with Crippen molar-refractivity contribution >= 4 is 87.5 Å². The fourth-order valence-electron chi connectivity index (χ4n) is 10.9. The lowest BCUT2D eigenvalue weighted by atomic mass is 10.0. The van der Waals surface area contributed by atoms with E-state index in [0.717, 1.165) is 121 Å². The first-order valence-corrected chi connectivity index (χ1v) is 23.9. The van der Waals surface area contributed by atoms with Crippen molar-refractivity contribution in [2.24, 2.45) is 0 Å². The van der Waals surface area contributed by atoms with Crippen LogP contribution in [0, 0.1) is 11.3 Å². The number of fused-ring (bicyclic) bond motifs is 13. The summed E-state index contributed by atoms with van der Waals surface area (Å²) in [4.78, 5) is 15.4. The maximum Gasteiger partial charge on any atom is 0.164 e. The summed E-state index contributed by atoms with van der Waals surface area (Å²) in [5, 5.41) is 19.8. The topological polar surface area (TPSA) is 98.6 Å². The van der Waals surface area contributed by atoms with Gasteiger partial charge in [-0.3, -0.25) is 0 Å². The third-order valence-corrected chi connectivity index (χ3v) is 14.2. The van der Waals surface area contributed by atoms with Gasteiger partial charge in [-0.15, -0.1) is 0 Å². The van der Waals surface area contributed by atoms with Crippen LogP contribution in [-0.4, -0.2) is 24.1 Å². The molecule has 0 radical (unpaired) electrons. The van der Waals surface area contributed by atoms with Crippen molar-refractivity contribution in [2.75, 3.05) is 0 Å². The van der Waals surface area contributed by atoms with Gasteiger partial charge in [0.25, 0.3) is 0 Å². The third-order valence-electron chi connectivity index (χ3n) is 14.2. The zero-order valence-electron chi connectivity index (χ0n) is 38.3. The molecule has 8 heteroatoms. The molecule has 0 fully saturated rings. The van der Waals surface area contributed by atoms with Crippen LogP contribution in [0.4, 0.5) is 0 Å². The smallest absolute Gasteiger partial charge is 0.164 e. The Balaban J connectivity index is 0.926. The molecule has 0 aliphatic carbocycles. The Morgan fingerprint density at radius 2 is 0.861 bits per heavy atom. The number of benzene rings is 10. The molecule has 8 nitrogen and oxygen atoms in total. The van der Waals surface area contributed by atoms with Gasteiger partial charge in [-0.1, -0.05) is 133 Å². The predicted molar refractivity (Wildman–Crippen MR) is 290 cm³/mol. The van der Waals surface area contributed by atoms with Crippen LogP contribution in [0.15, 0.2) is 227 Å². The van der Waals surface area contributed by atoms with Crippen LogP contribution in [0.3, 0.4) is 0 Å². The largest absolute Gasteiger partial charge is 0.456 e. The Labute approximate surface area is 410 Å². The molecule has 0 saturated heterocycles. The van der Waals surface area contributed by atoms with Crippen molar-refractivity contribution in [3.05, 3.63) is 224 Å². The maximum absolute atomic E-state index is 11.2. The van der Waals surface area contributed by atoms with Gasteiger partial charge in [0, 0.05) is 65.5 Å². The quantitative estimate of drug-likeness (QED) is 0.165. The molecule has 72 heavy (non-hydrogen) atoms. The van der Waals surface area contributed by atoms with Gasteiger partial charge in [-0.05, 0) is 96.1 Å². The van der Waals surface area contributed by atoms with Crippen LogP contribution in [-0.2, 0) is 0 Å². The van der Waals surface area contributed by atoms with Gasteiger partial charge < -0.3 is 18.0 Å². The second kappa shape index (κ2) is 15.5.